The molecular formula is C6H8Cl2O. The second-order valence-electron chi connectivity index (χ2n) is 1.98. The first kappa shape index (κ1) is 8.99. The molecule has 0 aromatic rings. The average Bonchev–Trinajstić information content (AvgIpc) is 1.84. The van der Waals surface area contributed by atoms with Crippen LogP contribution in [0.1, 0.15) is 13.8 Å². The number of rotatable bonds is 2. The third kappa shape index (κ3) is 2.87. The highest BCUT2D eigenvalue weighted by Crippen LogP contribution is 2.10. The van der Waals surface area contributed by atoms with Crippen LogP contribution in [0.3, 0.4) is 0 Å². The first-order valence-corrected chi connectivity index (χ1v) is 3.41. The molecule has 0 aliphatic rings. The monoisotopic (exact) mass is 166 g/mol. The van der Waals surface area contributed by atoms with Gasteiger partial charge in [-0.2, -0.15) is 0 Å². The van der Waals surface area contributed by atoms with Gasteiger partial charge in [-0.25, -0.2) is 0 Å². The van der Waals surface area contributed by atoms with E-state index in [1.807, 2.05) is 0 Å². The number of Topliss-reactive ketones (excluding diaryl/α,β-unsaturated/α-hetero) is 1. The van der Waals surface area contributed by atoms with Crippen molar-refractivity contribution in [2.45, 2.75) is 13.8 Å². The normalized spacial score (nSPS) is 12.3. The molecule has 0 aliphatic heterocycles. The highest BCUT2D eigenvalue weighted by Gasteiger charge is 2.09. The van der Waals surface area contributed by atoms with Crippen molar-refractivity contribution in [1.82, 2.24) is 0 Å². The van der Waals surface area contributed by atoms with Gasteiger partial charge in [-0.15, -0.1) is 0 Å². The molecule has 9 heavy (non-hydrogen) atoms. The van der Waals surface area contributed by atoms with Crippen LogP contribution in [0.2, 0.25) is 0 Å². The summed E-state index contributed by atoms with van der Waals surface area (Å²) < 4.78 is 0. The molecule has 0 amide bonds. The minimum absolute atomic E-state index is 0.0764. The Balaban J connectivity index is 4.06. The summed E-state index contributed by atoms with van der Waals surface area (Å²) in [7, 11) is 0. The van der Waals surface area contributed by atoms with E-state index in [0.717, 1.165) is 5.54 Å². The van der Waals surface area contributed by atoms with Crippen LogP contribution in [-0.4, -0.2) is 5.78 Å². The van der Waals surface area contributed by atoms with Crippen LogP contribution in [0.4, 0.5) is 0 Å². The Bertz CT molecular complexity index is 138. The molecule has 0 atom stereocenters. The Kier molecular flexibility index (Phi) is 3.91. The van der Waals surface area contributed by atoms with Gasteiger partial charge in [0.15, 0.2) is 5.78 Å². The van der Waals surface area contributed by atoms with Crippen LogP contribution in [0.15, 0.2) is 10.6 Å². The van der Waals surface area contributed by atoms with Crippen molar-refractivity contribution in [2.75, 3.05) is 0 Å². The molecule has 0 aliphatic carbocycles. The van der Waals surface area contributed by atoms with E-state index >= 15 is 0 Å². The number of carbonyl (C=O) groups is 1. The number of allylic oxidation sites excluding steroid dienone is 1. The lowest BCUT2D eigenvalue weighted by atomic mass is 10.1. The lowest BCUT2D eigenvalue weighted by Crippen LogP contribution is -2.05. The van der Waals surface area contributed by atoms with Crippen molar-refractivity contribution >= 4 is 29.0 Å². The van der Waals surface area contributed by atoms with Crippen molar-refractivity contribution in [1.29, 1.82) is 0 Å². The predicted molar refractivity (Wildman–Crippen MR) is 39.6 cm³/mol. The molecule has 0 rings (SSSR count). The van der Waals surface area contributed by atoms with Gasteiger partial charge < -0.3 is 0 Å². The molecule has 3 heteroatoms. The van der Waals surface area contributed by atoms with Gasteiger partial charge in [-0.3, -0.25) is 4.79 Å². The summed E-state index contributed by atoms with van der Waals surface area (Å²) in [5.41, 5.74) is 1.09. The topological polar surface area (TPSA) is 17.1 Å². The van der Waals surface area contributed by atoms with Crippen molar-refractivity contribution in [3.63, 3.8) is 0 Å². The fraction of sp³-hybridized carbons (Fsp3) is 0.500. The van der Waals surface area contributed by atoms with Crippen LogP contribution in [0.25, 0.3) is 0 Å². The summed E-state index contributed by atoms with van der Waals surface area (Å²) in [6.45, 7) is 3.54. The molecule has 0 spiro atoms. The first-order valence-electron chi connectivity index (χ1n) is 2.59. The minimum Gasteiger partial charge on any atom is -0.293 e. The van der Waals surface area contributed by atoms with Gasteiger partial charge >= 0.3 is 0 Å². The molecule has 0 unspecified atom stereocenters. The summed E-state index contributed by atoms with van der Waals surface area (Å²) in [5, 5.41) is 0.103. The van der Waals surface area contributed by atoms with Gasteiger partial charge in [0.25, 0.3) is 0 Å². The van der Waals surface area contributed by atoms with E-state index in [2.05, 4.69) is 0 Å². The van der Waals surface area contributed by atoms with E-state index in [0.29, 0.717) is 0 Å². The molecule has 0 fully saturated rings. The molecule has 0 bridgehead atoms. The van der Waals surface area contributed by atoms with Crippen LogP contribution in [0, 0.1) is 5.92 Å². The lowest BCUT2D eigenvalue weighted by Gasteiger charge is -1.98. The number of halogens is 2. The second-order valence-corrected chi connectivity index (χ2v) is 2.60. The summed E-state index contributed by atoms with van der Waals surface area (Å²) in [6, 6.07) is 0. The van der Waals surface area contributed by atoms with Crippen molar-refractivity contribution in [3.05, 3.63) is 10.6 Å². The van der Waals surface area contributed by atoms with E-state index in [9.17, 15) is 4.79 Å². The van der Waals surface area contributed by atoms with Gasteiger partial charge in [-0.05, 0) is 0 Å². The van der Waals surface area contributed by atoms with Crippen molar-refractivity contribution in [2.24, 2.45) is 5.92 Å². The van der Waals surface area contributed by atoms with Gasteiger partial charge in [0, 0.05) is 11.5 Å². The zero-order valence-corrected chi connectivity index (χ0v) is 6.83. The van der Waals surface area contributed by atoms with Crippen LogP contribution in [-0.2, 0) is 4.79 Å². The zero-order valence-electron chi connectivity index (χ0n) is 5.32. The molecule has 52 valence electrons. The Morgan fingerprint density at radius 3 is 2.11 bits per heavy atom. The van der Waals surface area contributed by atoms with E-state index in [4.69, 9.17) is 23.2 Å². The zero-order chi connectivity index (χ0) is 7.44. The maximum Gasteiger partial charge on any atom is 0.177 e. The summed E-state index contributed by atoms with van der Waals surface area (Å²) >= 11 is 10.6. The second kappa shape index (κ2) is 3.91. The van der Waals surface area contributed by atoms with Crippen molar-refractivity contribution < 1.29 is 4.79 Å². The van der Waals surface area contributed by atoms with E-state index in [-0.39, 0.29) is 16.7 Å². The van der Waals surface area contributed by atoms with Gasteiger partial charge in [-0.1, -0.05) is 37.0 Å². The number of carbonyl (C=O) groups excluding carboxylic acids is 1. The number of ketones is 1. The Morgan fingerprint density at radius 1 is 1.56 bits per heavy atom. The predicted octanol–water partition coefficient (Wildman–Crippen LogP) is 2.53. The molecule has 0 aromatic carbocycles. The summed E-state index contributed by atoms with van der Waals surface area (Å²) in [5.74, 6) is -0.195. The molecule has 0 N–H and O–H groups in total. The Labute approximate surface area is 64.6 Å². The summed E-state index contributed by atoms with van der Waals surface area (Å²) in [4.78, 5) is 10.8. The molecule has 0 heterocycles. The largest absolute Gasteiger partial charge is 0.293 e. The highest BCUT2D eigenvalue weighted by molar-refractivity contribution is 6.46. The summed E-state index contributed by atoms with van der Waals surface area (Å²) in [6.07, 6.45) is 0. The quantitative estimate of drug-likeness (QED) is 0.577. The smallest absolute Gasteiger partial charge is 0.177 e. The molecular weight excluding hydrogens is 159 g/mol. The van der Waals surface area contributed by atoms with E-state index in [1.165, 1.54) is 0 Å². The van der Waals surface area contributed by atoms with Gasteiger partial charge in [0.05, 0.1) is 5.03 Å². The highest BCUT2D eigenvalue weighted by atomic mass is 35.5. The van der Waals surface area contributed by atoms with Gasteiger partial charge in [0.2, 0.25) is 0 Å². The fourth-order valence-electron chi connectivity index (χ4n) is 0.330. The van der Waals surface area contributed by atoms with E-state index < -0.39 is 0 Å². The maximum atomic E-state index is 10.8. The van der Waals surface area contributed by atoms with Crippen LogP contribution in [0.5, 0.6) is 0 Å². The maximum absolute atomic E-state index is 10.8. The molecule has 0 aromatic heterocycles. The lowest BCUT2D eigenvalue weighted by molar-refractivity contribution is -0.117. The SMILES string of the molecule is CC(C)C(=O)/C(Cl)=C/Cl. The fourth-order valence-corrected chi connectivity index (χ4v) is 0.655. The number of hydrogen-bond donors (Lipinski definition) is 0. The van der Waals surface area contributed by atoms with E-state index in [1.54, 1.807) is 13.8 Å². The Morgan fingerprint density at radius 2 is 2.00 bits per heavy atom. The first-order chi connectivity index (χ1) is 4.09. The van der Waals surface area contributed by atoms with Crippen LogP contribution < -0.4 is 0 Å². The van der Waals surface area contributed by atoms with Gasteiger partial charge in [0.1, 0.15) is 0 Å². The molecule has 0 saturated carbocycles. The molecule has 0 radical (unpaired) electrons. The standard InChI is InChI=1S/C6H8Cl2O/c1-4(2)6(9)5(8)3-7/h3-4H,1-2H3/b5-3-. The Hall–Kier alpha value is -0.0100. The minimum atomic E-state index is -0.119. The van der Waals surface area contributed by atoms with Crippen molar-refractivity contribution in [3.8, 4) is 0 Å². The average molecular weight is 167 g/mol. The number of hydrogen-bond acceptors (Lipinski definition) is 1. The third-order valence-electron chi connectivity index (χ3n) is 0.856. The van der Waals surface area contributed by atoms with Crippen LogP contribution >= 0.6 is 23.2 Å². The molecule has 1 nitrogen and oxygen atoms in total. The molecule has 0 saturated heterocycles. The third-order valence-corrected chi connectivity index (χ3v) is 1.48.